The monoisotopic (exact) mass is 396 g/mol. The van der Waals surface area contributed by atoms with E-state index in [0.717, 1.165) is 27.2 Å². The molecule has 1 N–H and O–H groups in total. The number of pyridine rings is 1. The molecule has 0 aliphatic carbocycles. The van der Waals surface area contributed by atoms with Gasteiger partial charge >= 0.3 is 0 Å². The summed E-state index contributed by atoms with van der Waals surface area (Å²) >= 11 is 1.48. The number of nitrogens with one attached hydrogen (secondary N) is 1. The topological polar surface area (TPSA) is 69.7 Å². The molecule has 144 valence electrons. The van der Waals surface area contributed by atoms with Crippen LogP contribution >= 0.6 is 11.8 Å². The molecule has 0 spiro atoms. The second-order valence-electron chi connectivity index (χ2n) is 6.34. The number of fused-ring (bicyclic) bond motifs is 2. The lowest BCUT2D eigenvalue weighted by Gasteiger charge is -2.19. The van der Waals surface area contributed by atoms with Gasteiger partial charge in [-0.3, -0.25) is 9.78 Å². The lowest BCUT2D eigenvalue weighted by atomic mass is 10.2. The van der Waals surface area contributed by atoms with Crippen LogP contribution in [0.1, 0.15) is 5.69 Å². The maximum atomic E-state index is 12.5. The molecule has 4 rings (SSSR count). The molecule has 6 nitrogen and oxygen atoms in total. The van der Waals surface area contributed by atoms with Crippen LogP contribution in [0.4, 0.5) is 5.69 Å². The molecular formula is C21H20N2O4S. The normalized spacial score (nSPS) is 12.6. The van der Waals surface area contributed by atoms with E-state index in [1.807, 2.05) is 43.3 Å². The first-order valence-corrected chi connectivity index (χ1v) is 9.88. The minimum absolute atomic E-state index is 0.0906. The number of amides is 1. The first kappa shape index (κ1) is 18.4. The summed E-state index contributed by atoms with van der Waals surface area (Å²) in [7, 11) is 1.64. The fourth-order valence-electron chi connectivity index (χ4n) is 3.01. The lowest BCUT2D eigenvalue weighted by Crippen LogP contribution is -2.17. The SMILES string of the molecule is COc1ccc2nc(C)cc(SCC(=O)Nc3ccc4c(c3)OCCO4)c2c1. The van der Waals surface area contributed by atoms with Gasteiger partial charge in [0.2, 0.25) is 5.91 Å². The van der Waals surface area contributed by atoms with Crippen molar-refractivity contribution >= 4 is 34.3 Å². The number of nitrogens with zero attached hydrogens (tertiary/aromatic N) is 1. The number of anilines is 1. The highest BCUT2D eigenvalue weighted by Gasteiger charge is 2.14. The number of aromatic nitrogens is 1. The smallest absolute Gasteiger partial charge is 0.234 e. The van der Waals surface area contributed by atoms with Gasteiger partial charge in [-0.2, -0.15) is 0 Å². The van der Waals surface area contributed by atoms with Crippen molar-refractivity contribution in [2.45, 2.75) is 11.8 Å². The van der Waals surface area contributed by atoms with Crippen LogP contribution in [0.2, 0.25) is 0 Å². The fraction of sp³-hybridized carbons (Fsp3) is 0.238. The van der Waals surface area contributed by atoms with Gasteiger partial charge in [0.15, 0.2) is 11.5 Å². The van der Waals surface area contributed by atoms with Crippen LogP contribution in [0.15, 0.2) is 47.4 Å². The third kappa shape index (κ3) is 3.99. The second-order valence-corrected chi connectivity index (χ2v) is 7.36. The Hall–Kier alpha value is -2.93. The summed E-state index contributed by atoms with van der Waals surface area (Å²) < 4.78 is 16.4. The molecule has 0 saturated carbocycles. The Morgan fingerprint density at radius 2 is 1.96 bits per heavy atom. The van der Waals surface area contributed by atoms with E-state index in [4.69, 9.17) is 14.2 Å². The molecule has 0 radical (unpaired) electrons. The number of rotatable bonds is 5. The lowest BCUT2D eigenvalue weighted by molar-refractivity contribution is -0.113. The number of hydrogen-bond donors (Lipinski definition) is 1. The van der Waals surface area contributed by atoms with Crippen molar-refractivity contribution in [1.82, 2.24) is 4.98 Å². The molecule has 0 saturated heterocycles. The van der Waals surface area contributed by atoms with Crippen LogP contribution in [0.25, 0.3) is 10.9 Å². The number of ether oxygens (including phenoxy) is 3. The van der Waals surface area contributed by atoms with Crippen LogP contribution in [-0.2, 0) is 4.79 Å². The van der Waals surface area contributed by atoms with Crippen LogP contribution in [0.5, 0.6) is 17.2 Å². The zero-order valence-corrected chi connectivity index (χ0v) is 16.5. The van der Waals surface area contributed by atoms with Crippen molar-refractivity contribution < 1.29 is 19.0 Å². The van der Waals surface area contributed by atoms with E-state index >= 15 is 0 Å². The molecule has 2 aromatic carbocycles. The first-order chi connectivity index (χ1) is 13.6. The van der Waals surface area contributed by atoms with Gasteiger partial charge in [-0.05, 0) is 43.3 Å². The van der Waals surface area contributed by atoms with E-state index < -0.39 is 0 Å². The molecule has 3 aromatic rings. The van der Waals surface area contributed by atoms with Crippen molar-refractivity contribution in [2.75, 3.05) is 31.4 Å². The van der Waals surface area contributed by atoms with Gasteiger partial charge in [-0.1, -0.05) is 0 Å². The van der Waals surface area contributed by atoms with Crippen molar-refractivity contribution in [1.29, 1.82) is 0 Å². The molecule has 1 aliphatic heterocycles. The average Bonchev–Trinajstić information content (AvgIpc) is 2.71. The Labute approximate surface area is 167 Å². The Kier molecular flexibility index (Phi) is 5.25. The molecule has 7 heteroatoms. The standard InChI is InChI=1S/C21H20N2O4S/c1-13-9-20(16-11-15(25-2)4-5-17(16)22-13)28-12-21(24)23-14-3-6-18-19(10-14)27-8-7-26-18/h3-6,9-11H,7-8,12H2,1-2H3,(H,23,24). The zero-order valence-electron chi connectivity index (χ0n) is 15.7. The van der Waals surface area contributed by atoms with E-state index in [0.29, 0.717) is 30.4 Å². The number of methoxy groups -OCH3 is 1. The summed E-state index contributed by atoms with van der Waals surface area (Å²) in [5.74, 6) is 2.31. The van der Waals surface area contributed by atoms with Crippen LogP contribution in [0, 0.1) is 6.92 Å². The minimum Gasteiger partial charge on any atom is -0.497 e. The van der Waals surface area contributed by atoms with E-state index in [2.05, 4.69) is 10.3 Å². The van der Waals surface area contributed by atoms with Gasteiger partial charge in [0.05, 0.1) is 18.4 Å². The summed E-state index contributed by atoms with van der Waals surface area (Å²) in [5, 5.41) is 3.89. The van der Waals surface area contributed by atoms with Crippen LogP contribution < -0.4 is 19.5 Å². The minimum atomic E-state index is -0.0906. The number of thioether (sulfide) groups is 1. The van der Waals surface area contributed by atoms with E-state index in [9.17, 15) is 4.79 Å². The first-order valence-electron chi connectivity index (χ1n) is 8.90. The number of carbonyl (C=O) groups is 1. The molecule has 1 aromatic heterocycles. The average molecular weight is 396 g/mol. The third-order valence-corrected chi connectivity index (χ3v) is 5.35. The second kappa shape index (κ2) is 7.98. The molecular weight excluding hydrogens is 376 g/mol. The fourth-order valence-corrected chi connectivity index (χ4v) is 3.94. The summed E-state index contributed by atoms with van der Waals surface area (Å²) in [6.07, 6.45) is 0. The van der Waals surface area contributed by atoms with Crippen LogP contribution in [0.3, 0.4) is 0 Å². The molecule has 1 amide bonds. The molecule has 0 unspecified atom stereocenters. The van der Waals surface area contributed by atoms with Crippen molar-refractivity contribution in [3.05, 3.63) is 48.2 Å². The van der Waals surface area contributed by atoms with Gasteiger partial charge in [-0.15, -0.1) is 11.8 Å². The van der Waals surface area contributed by atoms with Gasteiger partial charge in [0.1, 0.15) is 19.0 Å². The summed E-state index contributed by atoms with van der Waals surface area (Å²) in [5.41, 5.74) is 2.48. The van der Waals surface area contributed by atoms with Gasteiger partial charge in [0, 0.05) is 27.7 Å². The quantitative estimate of drug-likeness (QED) is 0.656. The molecule has 2 heterocycles. The molecule has 1 aliphatic rings. The van der Waals surface area contributed by atoms with E-state index in [-0.39, 0.29) is 11.7 Å². The van der Waals surface area contributed by atoms with Gasteiger partial charge in [-0.25, -0.2) is 0 Å². The molecule has 0 bridgehead atoms. The highest BCUT2D eigenvalue weighted by Crippen LogP contribution is 2.33. The Balaban J connectivity index is 1.47. The largest absolute Gasteiger partial charge is 0.497 e. The highest BCUT2D eigenvalue weighted by atomic mass is 32.2. The zero-order chi connectivity index (χ0) is 19.5. The number of carbonyl (C=O) groups excluding carboxylic acids is 1. The Morgan fingerprint density at radius 1 is 1.14 bits per heavy atom. The van der Waals surface area contributed by atoms with Crippen molar-refractivity contribution in [3.63, 3.8) is 0 Å². The van der Waals surface area contributed by atoms with Gasteiger partial charge < -0.3 is 19.5 Å². The van der Waals surface area contributed by atoms with Crippen molar-refractivity contribution in [3.8, 4) is 17.2 Å². The van der Waals surface area contributed by atoms with Crippen LogP contribution in [-0.4, -0.2) is 37.0 Å². The summed E-state index contributed by atoms with van der Waals surface area (Å²) in [4.78, 5) is 18.0. The van der Waals surface area contributed by atoms with Crippen molar-refractivity contribution in [2.24, 2.45) is 0 Å². The van der Waals surface area contributed by atoms with E-state index in [1.54, 1.807) is 13.2 Å². The maximum Gasteiger partial charge on any atom is 0.234 e. The predicted molar refractivity (Wildman–Crippen MR) is 110 cm³/mol. The summed E-state index contributed by atoms with van der Waals surface area (Å²) in [6, 6.07) is 13.2. The van der Waals surface area contributed by atoms with Gasteiger partial charge in [0.25, 0.3) is 0 Å². The molecule has 28 heavy (non-hydrogen) atoms. The highest BCUT2D eigenvalue weighted by molar-refractivity contribution is 8.00. The maximum absolute atomic E-state index is 12.5. The molecule has 0 fully saturated rings. The predicted octanol–water partition coefficient (Wildman–Crippen LogP) is 4.05. The summed E-state index contributed by atoms with van der Waals surface area (Å²) in [6.45, 7) is 3.00. The number of benzene rings is 2. The Morgan fingerprint density at radius 3 is 2.79 bits per heavy atom. The van der Waals surface area contributed by atoms with E-state index in [1.165, 1.54) is 11.8 Å². The third-order valence-electron chi connectivity index (χ3n) is 4.29. The molecule has 0 atom stereocenters. The Bertz CT molecular complexity index is 1040. The number of hydrogen-bond acceptors (Lipinski definition) is 6. The number of aryl methyl sites for hydroxylation is 1.